The Morgan fingerprint density at radius 3 is 2.17 bits per heavy atom. The van der Waals surface area contributed by atoms with Crippen molar-refractivity contribution in [1.29, 1.82) is 0 Å². The monoisotopic (exact) mass is 488 g/mol. The second-order valence-corrected chi connectivity index (χ2v) is 9.59. The van der Waals surface area contributed by atoms with Gasteiger partial charge in [-0.15, -0.1) is 0 Å². The Morgan fingerprint density at radius 2 is 1.54 bits per heavy atom. The maximum Gasteiger partial charge on any atom is 0.323 e. The summed E-state index contributed by atoms with van der Waals surface area (Å²) in [6.45, 7) is 8.35. The van der Waals surface area contributed by atoms with Crippen LogP contribution in [0.1, 0.15) is 50.7 Å². The Balaban J connectivity index is 1.87. The molecule has 2 aromatic carbocycles. The molecule has 6 nitrogen and oxygen atoms in total. The third kappa shape index (κ3) is 4.66. The maximum absolute atomic E-state index is 13.5. The van der Waals surface area contributed by atoms with Gasteiger partial charge in [-0.25, -0.2) is 4.79 Å². The van der Waals surface area contributed by atoms with Crippen molar-refractivity contribution in [2.24, 2.45) is 7.05 Å². The van der Waals surface area contributed by atoms with Crippen molar-refractivity contribution in [1.82, 2.24) is 9.55 Å². The number of urea groups is 1. The number of nitrogens with zero attached hydrogens (tertiary/aromatic N) is 2. The molecule has 0 aliphatic carbocycles. The van der Waals surface area contributed by atoms with Crippen molar-refractivity contribution < 1.29 is 4.79 Å². The lowest BCUT2D eigenvalue weighted by molar-refractivity contribution is 0.262. The molecule has 0 fully saturated rings. The van der Waals surface area contributed by atoms with Gasteiger partial charge in [0.15, 0.2) is 0 Å². The fraction of sp³-hybridized carbons (Fsp3) is 0.250. The summed E-state index contributed by atoms with van der Waals surface area (Å²) >= 11 is 6.54. The highest BCUT2D eigenvalue weighted by molar-refractivity contribution is 6.34. The zero-order valence-electron chi connectivity index (χ0n) is 20.5. The van der Waals surface area contributed by atoms with Gasteiger partial charge in [0.2, 0.25) is 0 Å². The van der Waals surface area contributed by atoms with Gasteiger partial charge < -0.3 is 15.2 Å². The number of amides is 2. The predicted molar refractivity (Wildman–Crippen MR) is 145 cm³/mol. The van der Waals surface area contributed by atoms with E-state index in [-0.39, 0.29) is 23.1 Å². The summed E-state index contributed by atoms with van der Waals surface area (Å²) in [6, 6.07) is 14.6. The van der Waals surface area contributed by atoms with E-state index >= 15 is 0 Å². The second-order valence-electron chi connectivity index (χ2n) is 9.19. The Hall–Kier alpha value is -3.64. The molecule has 0 aliphatic rings. The molecule has 2 heterocycles. The molecule has 35 heavy (non-hydrogen) atoms. The van der Waals surface area contributed by atoms with Crippen molar-refractivity contribution in [3.63, 3.8) is 0 Å². The second kappa shape index (κ2) is 9.92. The Bertz CT molecular complexity index is 1450. The minimum atomic E-state index is -0.492. The van der Waals surface area contributed by atoms with Crippen LogP contribution in [0.2, 0.25) is 5.02 Å². The van der Waals surface area contributed by atoms with Crippen molar-refractivity contribution in [2.75, 3.05) is 10.6 Å². The van der Waals surface area contributed by atoms with Gasteiger partial charge in [0, 0.05) is 46.7 Å². The number of aromatic nitrogens is 2. The van der Waals surface area contributed by atoms with Crippen molar-refractivity contribution in [3.8, 4) is 11.1 Å². The molecule has 0 radical (unpaired) electrons. The van der Waals surface area contributed by atoms with Crippen LogP contribution in [-0.4, -0.2) is 15.6 Å². The fourth-order valence-electron chi connectivity index (χ4n) is 4.40. The molecule has 2 amide bonds. The molecule has 7 heteroatoms. The number of halogens is 1. The molecule has 2 aromatic heterocycles. The molecular formula is C28H29ClN4O2. The Kier molecular flexibility index (Phi) is 6.94. The van der Waals surface area contributed by atoms with Gasteiger partial charge in [0.25, 0.3) is 5.56 Å². The minimum Gasteiger partial charge on any atom is -0.309 e. The van der Waals surface area contributed by atoms with Crippen LogP contribution in [0.15, 0.2) is 65.7 Å². The van der Waals surface area contributed by atoms with E-state index in [1.807, 2.05) is 36.4 Å². The number of rotatable bonds is 5. The summed E-state index contributed by atoms with van der Waals surface area (Å²) in [4.78, 5) is 31.1. The van der Waals surface area contributed by atoms with Gasteiger partial charge in [-0.1, -0.05) is 75.7 Å². The summed E-state index contributed by atoms with van der Waals surface area (Å²) in [5.74, 6) is 0.421. The zero-order chi connectivity index (χ0) is 25.3. The molecular weight excluding hydrogens is 460 g/mol. The molecule has 0 unspecified atom stereocenters. The van der Waals surface area contributed by atoms with Crippen LogP contribution in [-0.2, 0) is 7.05 Å². The Labute approximate surface area is 210 Å². The van der Waals surface area contributed by atoms with Crippen LogP contribution in [0.25, 0.3) is 22.0 Å². The lowest BCUT2D eigenvalue weighted by atomic mass is 9.93. The van der Waals surface area contributed by atoms with Crippen LogP contribution < -0.4 is 16.2 Å². The molecule has 2 N–H and O–H groups in total. The average Bonchev–Trinajstić information content (AvgIpc) is 2.83. The summed E-state index contributed by atoms with van der Waals surface area (Å²) in [7, 11) is 1.68. The van der Waals surface area contributed by atoms with Crippen molar-refractivity contribution in [2.45, 2.75) is 39.5 Å². The minimum absolute atomic E-state index is 0.145. The van der Waals surface area contributed by atoms with Crippen LogP contribution in [0.4, 0.5) is 16.2 Å². The first kappa shape index (κ1) is 24.5. The number of fused-ring (bicyclic) bond motifs is 1. The number of hydrogen-bond acceptors (Lipinski definition) is 3. The van der Waals surface area contributed by atoms with E-state index in [2.05, 4.69) is 43.3 Å². The molecule has 0 bridgehead atoms. The number of para-hydroxylation sites is 1. The SMILES string of the molecule is CC(C)c1cccc(C(C)C)c1NC(=O)Nc1c(-c2ccccc2Cl)c2cnccc2n(C)c1=O. The topological polar surface area (TPSA) is 76.0 Å². The number of benzene rings is 2. The van der Waals surface area contributed by atoms with E-state index in [4.69, 9.17) is 11.6 Å². The molecule has 4 aromatic rings. The Morgan fingerprint density at radius 1 is 0.914 bits per heavy atom. The van der Waals surface area contributed by atoms with E-state index in [1.54, 1.807) is 31.6 Å². The largest absolute Gasteiger partial charge is 0.323 e. The van der Waals surface area contributed by atoms with Crippen molar-refractivity contribution >= 4 is 39.9 Å². The smallest absolute Gasteiger partial charge is 0.309 e. The summed E-state index contributed by atoms with van der Waals surface area (Å²) < 4.78 is 1.51. The van der Waals surface area contributed by atoms with Crippen LogP contribution >= 0.6 is 11.6 Å². The lowest BCUT2D eigenvalue weighted by Gasteiger charge is -2.21. The van der Waals surface area contributed by atoms with Gasteiger partial charge in [-0.2, -0.15) is 0 Å². The summed E-state index contributed by atoms with van der Waals surface area (Å²) in [5, 5.41) is 7.07. The van der Waals surface area contributed by atoms with Gasteiger partial charge in [-0.05, 0) is 35.1 Å². The molecule has 0 aliphatic heterocycles. The number of carbonyl (C=O) groups is 1. The highest BCUT2D eigenvalue weighted by atomic mass is 35.5. The maximum atomic E-state index is 13.5. The number of carbonyl (C=O) groups excluding carboxylic acids is 1. The molecule has 0 saturated carbocycles. The van der Waals surface area contributed by atoms with Crippen LogP contribution in [0, 0.1) is 0 Å². The third-order valence-corrected chi connectivity index (χ3v) is 6.52. The highest BCUT2D eigenvalue weighted by Gasteiger charge is 2.22. The van der Waals surface area contributed by atoms with Gasteiger partial charge in [0.05, 0.1) is 5.52 Å². The van der Waals surface area contributed by atoms with E-state index < -0.39 is 6.03 Å². The standard InChI is InChI=1S/C28H29ClN4O2/c1-16(2)18-10-8-11-19(17(3)4)25(18)31-28(35)32-26-24(20-9-6-7-12-22(20)29)21-15-30-14-13-23(21)33(5)27(26)34/h6-17H,1-5H3,(H2,31,32,35). The lowest BCUT2D eigenvalue weighted by Crippen LogP contribution is -2.29. The first-order valence-corrected chi connectivity index (χ1v) is 12.0. The number of nitrogens with one attached hydrogen (secondary N) is 2. The van der Waals surface area contributed by atoms with E-state index in [0.29, 0.717) is 27.1 Å². The molecule has 180 valence electrons. The predicted octanol–water partition coefficient (Wildman–Crippen LogP) is 7.14. The first-order chi connectivity index (χ1) is 16.7. The van der Waals surface area contributed by atoms with Gasteiger partial charge in [-0.3, -0.25) is 9.78 Å². The number of pyridine rings is 2. The number of hydrogen-bond donors (Lipinski definition) is 2. The van der Waals surface area contributed by atoms with E-state index in [1.165, 1.54) is 4.57 Å². The summed E-state index contributed by atoms with van der Waals surface area (Å²) in [6.07, 6.45) is 3.32. The zero-order valence-corrected chi connectivity index (χ0v) is 21.3. The van der Waals surface area contributed by atoms with Crippen LogP contribution in [0.5, 0.6) is 0 Å². The number of aryl methyl sites for hydroxylation is 1. The van der Waals surface area contributed by atoms with Crippen molar-refractivity contribution in [3.05, 3.63) is 87.4 Å². The van der Waals surface area contributed by atoms with Crippen LogP contribution in [0.3, 0.4) is 0 Å². The van der Waals surface area contributed by atoms with E-state index in [9.17, 15) is 9.59 Å². The van der Waals surface area contributed by atoms with Gasteiger partial charge >= 0.3 is 6.03 Å². The first-order valence-electron chi connectivity index (χ1n) is 11.6. The molecule has 4 rings (SSSR count). The fourth-order valence-corrected chi connectivity index (χ4v) is 4.63. The normalized spacial score (nSPS) is 11.3. The third-order valence-electron chi connectivity index (χ3n) is 6.19. The summed E-state index contributed by atoms with van der Waals surface area (Å²) in [5.41, 5.74) is 4.53. The average molecular weight is 489 g/mol. The quantitative estimate of drug-likeness (QED) is 0.313. The molecule has 0 atom stereocenters. The van der Waals surface area contributed by atoms with Gasteiger partial charge in [0.1, 0.15) is 5.69 Å². The highest BCUT2D eigenvalue weighted by Crippen LogP contribution is 2.37. The van der Waals surface area contributed by atoms with E-state index in [0.717, 1.165) is 16.8 Å². The molecule has 0 saturated heterocycles. The number of anilines is 2. The molecule has 0 spiro atoms.